The number of rotatable bonds is 4. The van der Waals surface area contributed by atoms with E-state index in [0.717, 1.165) is 6.42 Å². The molecule has 1 atom stereocenters. The fourth-order valence-electron chi connectivity index (χ4n) is 2.29. The Labute approximate surface area is 116 Å². The molecule has 1 unspecified atom stereocenters. The molecule has 0 heterocycles. The van der Waals surface area contributed by atoms with E-state index in [0.29, 0.717) is 5.92 Å². The van der Waals surface area contributed by atoms with Crippen LogP contribution in [-0.2, 0) is 6.42 Å². The van der Waals surface area contributed by atoms with Crippen molar-refractivity contribution in [2.45, 2.75) is 33.1 Å². The third-order valence-corrected chi connectivity index (χ3v) is 3.81. The number of aryl methyl sites for hydroxylation is 2. The zero-order chi connectivity index (χ0) is 13.8. The predicted octanol–water partition coefficient (Wildman–Crippen LogP) is 5.51. The Morgan fingerprint density at radius 3 is 2.37 bits per heavy atom. The zero-order valence-electron chi connectivity index (χ0n) is 12.1. The summed E-state index contributed by atoms with van der Waals surface area (Å²) in [6, 6.07) is 15.6. The lowest BCUT2D eigenvalue weighted by Crippen LogP contribution is -1.92. The Morgan fingerprint density at radius 2 is 1.79 bits per heavy atom. The lowest BCUT2D eigenvalue weighted by atomic mass is 9.93. The molecule has 0 nitrogen and oxygen atoms in total. The summed E-state index contributed by atoms with van der Waals surface area (Å²) in [7, 11) is 0. The summed E-state index contributed by atoms with van der Waals surface area (Å²) in [5, 5.41) is 0. The second-order valence-electron chi connectivity index (χ2n) is 5.15. The van der Waals surface area contributed by atoms with E-state index in [-0.39, 0.29) is 0 Å². The molecule has 0 heteroatoms. The molecule has 2 aromatic rings. The molecule has 0 saturated carbocycles. The Kier molecular flexibility index (Phi) is 4.21. The Hall–Kier alpha value is -1.82. The molecule has 0 aromatic heterocycles. The van der Waals surface area contributed by atoms with Gasteiger partial charge >= 0.3 is 0 Å². The molecule has 0 spiro atoms. The average molecular weight is 250 g/mol. The molecule has 19 heavy (non-hydrogen) atoms. The molecular weight excluding hydrogens is 228 g/mol. The van der Waals surface area contributed by atoms with Crippen molar-refractivity contribution in [3.05, 3.63) is 71.8 Å². The fraction of sp³-hybridized carbons (Fsp3) is 0.263. The highest BCUT2D eigenvalue weighted by molar-refractivity contribution is 5.68. The van der Waals surface area contributed by atoms with Crippen LogP contribution in [0.5, 0.6) is 0 Å². The maximum absolute atomic E-state index is 3.88. The molecule has 0 radical (unpaired) electrons. The van der Waals surface area contributed by atoms with E-state index in [4.69, 9.17) is 0 Å². The van der Waals surface area contributed by atoms with Crippen LogP contribution in [0.1, 0.15) is 36.5 Å². The minimum absolute atomic E-state index is 0.397. The molecule has 0 N–H and O–H groups in total. The second-order valence-corrected chi connectivity index (χ2v) is 5.15. The van der Waals surface area contributed by atoms with Gasteiger partial charge in [0.1, 0.15) is 0 Å². The Bertz CT molecular complexity index is 561. The van der Waals surface area contributed by atoms with E-state index < -0.39 is 0 Å². The smallest absolute Gasteiger partial charge is 0.00129 e. The van der Waals surface area contributed by atoms with Crippen LogP contribution < -0.4 is 0 Å². The van der Waals surface area contributed by atoms with Crippen LogP contribution in [0.2, 0.25) is 0 Å². The van der Waals surface area contributed by atoms with Crippen molar-refractivity contribution in [1.29, 1.82) is 0 Å². The molecule has 0 aliphatic heterocycles. The number of hydrogen-bond donors (Lipinski definition) is 0. The summed E-state index contributed by atoms with van der Waals surface area (Å²) in [5.41, 5.74) is 6.66. The molecule has 98 valence electrons. The first-order chi connectivity index (χ1) is 9.15. The van der Waals surface area contributed by atoms with Gasteiger partial charge in [-0.05, 0) is 47.1 Å². The minimum atomic E-state index is 0.397. The molecule has 0 bridgehead atoms. The quantitative estimate of drug-likeness (QED) is 0.627. The standard InChI is InChI=1S/C19H22/c1-5-14(3)18-10-7-15(4)19(13-18)17-11-8-16(6-2)9-12-17/h5,7-14H,1,6H2,2-4H3. The van der Waals surface area contributed by atoms with Crippen molar-refractivity contribution in [3.63, 3.8) is 0 Å². The maximum atomic E-state index is 3.88. The number of allylic oxidation sites excluding steroid dienone is 1. The van der Waals surface area contributed by atoms with Crippen LogP contribution >= 0.6 is 0 Å². The molecule has 0 aliphatic rings. The van der Waals surface area contributed by atoms with Gasteiger partial charge in [-0.1, -0.05) is 62.4 Å². The van der Waals surface area contributed by atoms with Gasteiger partial charge in [0.15, 0.2) is 0 Å². The van der Waals surface area contributed by atoms with Crippen molar-refractivity contribution in [1.82, 2.24) is 0 Å². The van der Waals surface area contributed by atoms with Crippen LogP contribution in [-0.4, -0.2) is 0 Å². The van der Waals surface area contributed by atoms with Gasteiger partial charge in [-0.15, -0.1) is 6.58 Å². The first kappa shape index (κ1) is 13.6. The van der Waals surface area contributed by atoms with E-state index in [2.05, 4.69) is 69.8 Å². The first-order valence-corrected chi connectivity index (χ1v) is 6.98. The van der Waals surface area contributed by atoms with Crippen LogP contribution in [0, 0.1) is 6.92 Å². The zero-order valence-corrected chi connectivity index (χ0v) is 12.1. The van der Waals surface area contributed by atoms with E-state index in [1.54, 1.807) is 0 Å². The van der Waals surface area contributed by atoms with Gasteiger partial charge in [0.25, 0.3) is 0 Å². The van der Waals surface area contributed by atoms with Gasteiger partial charge in [-0.2, -0.15) is 0 Å². The highest BCUT2D eigenvalue weighted by Crippen LogP contribution is 2.28. The minimum Gasteiger partial charge on any atom is -0.102 e. The van der Waals surface area contributed by atoms with Gasteiger partial charge in [0.05, 0.1) is 0 Å². The highest BCUT2D eigenvalue weighted by atomic mass is 14.1. The van der Waals surface area contributed by atoms with Gasteiger partial charge in [-0.3, -0.25) is 0 Å². The van der Waals surface area contributed by atoms with E-state index >= 15 is 0 Å². The largest absolute Gasteiger partial charge is 0.102 e. The lowest BCUT2D eigenvalue weighted by molar-refractivity contribution is 0.970. The summed E-state index contributed by atoms with van der Waals surface area (Å²) in [6.07, 6.45) is 3.08. The SMILES string of the molecule is C=CC(C)c1ccc(C)c(-c2ccc(CC)cc2)c1. The molecular formula is C19H22. The van der Waals surface area contributed by atoms with Crippen molar-refractivity contribution < 1.29 is 0 Å². The maximum Gasteiger partial charge on any atom is -0.00129 e. The van der Waals surface area contributed by atoms with E-state index in [9.17, 15) is 0 Å². The lowest BCUT2D eigenvalue weighted by Gasteiger charge is -2.12. The summed E-state index contributed by atoms with van der Waals surface area (Å²) in [6.45, 7) is 10.4. The molecule has 0 fully saturated rings. The van der Waals surface area contributed by atoms with Crippen molar-refractivity contribution >= 4 is 0 Å². The van der Waals surface area contributed by atoms with Crippen LogP contribution in [0.25, 0.3) is 11.1 Å². The number of benzene rings is 2. The fourth-order valence-corrected chi connectivity index (χ4v) is 2.29. The van der Waals surface area contributed by atoms with Crippen LogP contribution in [0.15, 0.2) is 55.1 Å². The van der Waals surface area contributed by atoms with Crippen LogP contribution in [0.4, 0.5) is 0 Å². The van der Waals surface area contributed by atoms with Crippen molar-refractivity contribution in [2.75, 3.05) is 0 Å². The Morgan fingerprint density at radius 1 is 1.11 bits per heavy atom. The number of hydrogen-bond acceptors (Lipinski definition) is 0. The van der Waals surface area contributed by atoms with Gasteiger partial charge < -0.3 is 0 Å². The molecule has 2 rings (SSSR count). The van der Waals surface area contributed by atoms with Gasteiger partial charge in [-0.25, -0.2) is 0 Å². The summed E-state index contributed by atoms with van der Waals surface area (Å²) in [4.78, 5) is 0. The second kappa shape index (κ2) is 5.88. The molecule has 0 aliphatic carbocycles. The Balaban J connectivity index is 2.44. The normalized spacial score (nSPS) is 12.2. The first-order valence-electron chi connectivity index (χ1n) is 6.98. The molecule has 0 amide bonds. The van der Waals surface area contributed by atoms with Crippen molar-refractivity contribution in [2.24, 2.45) is 0 Å². The van der Waals surface area contributed by atoms with Crippen molar-refractivity contribution in [3.8, 4) is 11.1 Å². The van der Waals surface area contributed by atoms with E-state index in [1.165, 1.54) is 27.8 Å². The third kappa shape index (κ3) is 2.96. The summed E-state index contributed by atoms with van der Waals surface area (Å²) in [5.74, 6) is 0.397. The van der Waals surface area contributed by atoms with E-state index in [1.807, 2.05) is 6.08 Å². The van der Waals surface area contributed by atoms with Gasteiger partial charge in [0.2, 0.25) is 0 Å². The predicted molar refractivity (Wildman–Crippen MR) is 84.6 cm³/mol. The van der Waals surface area contributed by atoms with Gasteiger partial charge in [0, 0.05) is 0 Å². The molecule has 0 saturated heterocycles. The topological polar surface area (TPSA) is 0 Å². The highest BCUT2D eigenvalue weighted by Gasteiger charge is 2.06. The summed E-state index contributed by atoms with van der Waals surface area (Å²) >= 11 is 0. The van der Waals surface area contributed by atoms with Crippen LogP contribution in [0.3, 0.4) is 0 Å². The summed E-state index contributed by atoms with van der Waals surface area (Å²) < 4.78 is 0. The average Bonchev–Trinajstić information content (AvgIpc) is 2.47. The molecule has 2 aromatic carbocycles. The third-order valence-electron chi connectivity index (χ3n) is 3.81. The monoisotopic (exact) mass is 250 g/mol.